The molecule has 6 heterocycles. The second-order valence-corrected chi connectivity index (χ2v) is 18.5. The van der Waals surface area contributed by atoms with Crippen molar-refractivity contribution in [3.05, 3.63) is 59.9 Å². The summed E-state index contributed by atoms with van der Waals surface area (Å²) >= 11 is 0. The third-order valence-corrected chi connectivity index (χ3v) is 12.2. The van der Waals surface area contributed by atoms with E-state index in [2.05, 4.69) is 163 Å². The van der Waals surface area contributed by atoms with E-state index in [0.29, 0.717) is 53.9 Å². The van der Waals surface area contributed by atoms with E-state index in [1.807, 2.05) is 38.1 Å². The molecule has 11 N–H and O–H groups in total. The predicted octanol–water partition coefficient (Wildman–Crippen LogP) is 3.97. The molecule has 2 aliphatic carbocycles. The fourth-order valence-corrected chi connectivity index (χ4v) is 8.02. The molecule has 2 amide bonds. The van der Waals surface area contributed by atoms with Crippen LogP contribution < -0.4 is 63.1 Å². The molecule has 4 aromatic rings. The summed E-state index contributed by atoms with van der Waals surface area (Å²) in [5.74, 6) is 40.2. The van der Waals surface area contributed by atoms with E-state index in [9.17, 15) is 13.8 Å². The van der Waals surface area contributed by atoms with E-state index in [1.54, 1.807) is 0 Å². The molecule has 4 fully saturated rings. The molecule has 19 nitrogen and oxygen atoms in total. The standard InChI is InChI=1S/C19H23N7O2.C18H2.C11H15N3O.C9H12N4O2S.C2H6.2CH4/c20-17(27)14-9-22-19(25-18(14)23-11-1-2-11)24-12-3-4-15-16(7-12)28-10-13-8-21-5-6-26(13)15;1-3-5-7-9-11-13-15-17-18-16-14-12-10-8-6-4-2;12-8-1-2-10-11(5-8)15-7-9-6-13-3-4-14(9)10;1-16(15)9-11-4-6(7(10)14)8(13-9)12-5-2-3-5;1-2;;/h3-4,7,9,11,13,21H,1-2,5-6,8,10H2,(H2,20,27)(H2,22,23,24,25);1-2H;1-2,5,9,13H,3-4,6-7,12H2;4-5H,2-3H2,1H3,(H2,10,14)(H,11,12,13);1-2H3;2*1H4. The summed E-state index contributed by atoms with van der Waals surface area (Å²) in [6.07, 6.45) is 18.3. The highest BCUT2D eigenvalue weighted by atomic mass is 32.2. The van der Waals surface area contributed by atoms with Crippen LogP contribution in [0.1, 0.15) is 75.1 Å². The van der Waals surface area contributed by atoms with Crippen LogP contribution in [0.3, 0.4) is 0 Å². The summed E-state index contributed by atoms with van der Waals surface area (Å²) in [7, 11) is -1.27. The first kappa shape index (κ1) is 63.6. The molecule has 0 spiro atoms. The zero-order valence-electron chi connectivity index (χ0n) is 43.9. The van der Waals surface area contributed by atoms with Crippen LogP contribution in [0.25, 0.3) is 0 Å². The average molecular weight is 1110 g/mol. The number of aromatic nitrogens is 4. The van der Waals surface area contributed by atoms with Gasteiger partial charge in [-0.3, -0.25) is 13.8 Å². The Bertz CT molecular complexity index is 3390. The molecule has 81 heavy (non-hydrogen) atoms. The van der Waals surface area contributed by atoms with E-state index in [-0.39, 0.29) is 25.6 Å². The normalized spacial score (nSPS) is 15.8. The van der Waals surface area contributed by atoms with E-state index in [1.165, 1.54) is 24.3 Å². The van der Waals surface area contributed by atoms with Gasteiger partial charge in [-0.2, -0.15) is 4.98 Å². The van der Waals surface area contributed by atoms with Gasteiger partial charge in [-0.25, -0.2) is 15.0 Å². The number of carbonyl (C=O) groups excluding carboxylic acids is 2. The number of nitrogens with one attached hydrogen (secondary N) is 5. The SMILES string of the molecule is C.C.C#CC#CC#CC#CC#CC#CC#CC#CC#C.CC.CS(=O)c1ncc(C(N)=O)c(NC2CC2)n1.NC(=O)c1cnc(Nc2ccc3c(c2)OCC2CNCCN32)nc1NC1CC1.Nc1ccc2c(c1)OCC1CNCCN21. The van der Waals surface area contributed by atoms with Gasteiger partial charge in [0.05, 0.1) is 45.4 Å². The first-order chi connectivity index (χ1) is 38.5. The van der Waals surface area contributed by atoms with Crippen molar-refractivity contribution in [2.24, 2.45) is 11.5 Å². The first-order valence-electron chi connectivity index (χ1n) is 25.1. The molecule has 416 valence electrons. The molecule has 6 aliphatic rings. The van der Waals surface area contributed by atoms with E-state index >= 15 is 0 Å². The van der Waals surface area contributed by atoms with Gasteiger partial charge in [-0.15, -0.1) is 12.8 Å². The Morgan fingerprint density at radius 2 is 1.09 bits per heavy atom. The maximum atomic E-state index is 11.6. The number of rotatable bonds is 9. The summed E-state index contributed by atoms with van der Waals surface area (Å²) < 4.78 is 22.9. The zero-order chi connectivity index (χ0) is 56.4. The van der Waals surface area contributed by atoms with Gasteiger partial charge < -0.3 is 63.1 Å². The van der Waals surface area contributed by atoms with Crippen LogP contribution in [0, 0.1) is 108 Å². The van der Waals surface area contributed by atoms with Crippen molar-refractivity contribution in [2.45, 2.75) is 83.7 Å². The third kappa shape index (κ3) is 20.1. The van der Waals surface area contributed by atoms with Crippen LogP contribution in [-0.2, 0) is 10.8 Å². The lowest BCUT2D eigenvalue weighted by atomic mass is 10.1. The number of hydrogen-bond acceptors (Lipinski definition) is 17. The minimum atomic E-state index is -1.27. The van der Waals surface area contributed by atoms with Crippen molar-refractivity contribution < 1.29 is 23.3 Å². The van der Waals surface area contributed by atoms with Crippen LogP contribution in [-0.4, -0.2) is 119 Å². The number of piperazine rings is 2. The Labute approximate surface area is 479 Å². The summed E-state index contributed by atoms with van der Waals surface area (Å²) in [4.78, 5) is 44.1. The highest BCUT2D eigenvalue weighted by molar-refractivity contribution is 7.84. The Balaban J connectivity index is 0.000000236. The van der Waals surface area contributed by atoms with Crippen LogP contribution in [0.5, 0.6) is 11.5 Å². The number of hydrogen-bond donors (Lipinski definition) is 8. The number of ether oxygens (including phenoxy) is 2. The molecule has 0 radical (unpaired) electrons. The smallest absolute Gasteiger partial charge is 0.254 e. The Morgan fingerprint density at radius 1 is 0.654 bits per heavy atom. The van der Waals surface area contributed by atoms with Crippen molar-refractivity contribution in [2.75, 3.05) is 90.2 Å². The lowest BCUT2D eigenvalue weighted by Gasteiger charge is -2.42. The van der Waals surface area contributed by atoms with E-state index < -0.39 is 22.6 Å². The zero-order valence-corrected chi connectivity index (χ0v) is 44.7. The Kier molecular flexibility index (Phi) is 26.2. The largest absolute Gasteiger partial charge is 0.489 e. The summed E-state index contributed by atoms with van der Waals surface area (Å²) in [5.41, 5.74) is 20.8. The van der Waals surface area contributed by atoms with Crippen molar-refractivity contribution in [1.29, 1.82) is 0 Å². The van der Waals surface area contributed by atoms with Crippen molar-refractivity contribution >= 4 is 62.9 Å². The fourth-order valence-electron chi connectivity index (χ4n) is 7.60. The Hall–Kier alpha value is -9.95. The van der Waals surface area contributed by atoms with E-state index in [4.69, 9.17) is 39.5 Å². The first-order valence-corrected chi connectivity index (χ1v) is 26.7. The summed E-state index contributed by atoms with van der Waals surface area (Å²) in [6.45, 7) is 11.4. The minimum absolute atomic E-state index is 0. The number of amides is 2. The molecular weight excluding hydrogens is 1040 g/mol. The lowest BCUT2D eigenvalue weighted by molar-refractivity contribution is 0.0991. The van der Waals surface area contributed by atoms with Crippen molar-refractivity contribution in [3.8, 4) is 119 Å². The number of nitrogens with two attached hydrogens (primary N) is 3. The molecule has 4 aliphatic heterocycles. The quantitative estimate of drug-likeness (QED) is 0.0670. The molecule has 3 unspecified atom stereocenters. The van der Waals surface area contributed by atoms with Gasteiger partial charge in [0.2, 0.25) is 11.1 Å². The minimum Gasteiger partial charge on any atom is -0.489 e. The monoisotopic (exact) mass is 1110 g/mol. The molecule has 2 saturated heterocycles. The van der Waals surface area contributed by atoms with Gasteiger partial charge in [0, 0.05) is 93.5 Å². The van der Waals surface area contributed by atoms with Crippen molar-refractivity contribution in [1.82, 2.24) is 30.6 Å². The number of benzene rings is 2. The molecule has 20 heteroatoms. The van der Waals surface area contributed by atoms with Crippen molar-refractivity contribution in [3.63, 3.8) is 0 Å². The van der Waals surface area contributed by atoms with Gasteiger partial charge in [-0.05, 0) is 145 Å². The second kappa shape index (κ2) is 33.4. The van der Waals surface area contributed by atoms with Gasteiger partial charge in [0.15, 0.2) is 0 Å². The fraction of sp³-hybridized carbons (Fsp3) is 0.344. The second-order valence-electron chi connectivity index (χ2n) is 17.2. The maximum absolute atomic E-state index is 11.6. The topological polar surface area (TPSA) is 266 Å². The number of nitrogens with zero attached hydrogens (tertiary/aromatic N) is 6. The van der Waals surface area contributed by atoms with Crippen LogP contribution in [0.15, 0.2) is 53.9 Å². The van der Waals surface area contributed by atoms with Gasteiger partial charge >= 0.3 is 0 Å². The number of anilines is 7. The Morgan fingerprint density at radius 3 is 1.53 bits per heavy atom. The number of nitrogen functional groups attached to an aromatic ring is 1. The summed E-state index contributed by atoms with van der Waals surface area (Å²) in [6, 6.07) is 13.5. The van der Waals surface area contributed by atoms with Gasteiger partial charge in [0.25, 0.3) is 11.8 Å². The van der Waals surface area contributed by atoms with Crippen LogP contribution in [0.2, 0.25) is 0 Å². The molecule has 0 bridgehead atoms. The molecule has 3 atom stereocenters. The molecule has 2 saturated carbocycles. The lowest BCUT2D eigenvalue weighted by Crippen LogP contribution is -2.55. The molecular formula is C61H66N14O5S. The highest BCUT2D eigenvalue weighted by Gasteiger charge is 2.31. The number of terminal acetylenes is 2. The maximum Gasteiger partial charge on any atom is 0.254 e. The average Bonchev–Trinajstić information content (AvgIpc) is 4.58. The molecule has 2 aromatic carbocycles. The number of primary amides is 2. The third-order valence-electron chi connectivity index (χ3n) is 11.5. The van der Waals surface area contributed by atoms with E-state index in [0.717, 1.165) is 100 Å². The molecule has 2 aromatic heterocycles. The molecule has 10 rings (SSSR count). The highest BCUT2D eigenvalue weighted by Crippen LogP contribution is 2.38. The van der Waals surface area contributed by atoms with Crippen LogP contribution >= 0.6 is 0 Å². The number of fused-ring (bicyclic) bond motifs is 6. The van der Waals surface area contributed by atoms with Gasteiger partial charge in [0.1, 0.15) is 36.3 Å². The van der Waals surface area contributed by atoms with Gasteiger partial charge in [-0.1, -0.05) is 28.7 Å². The predicted molar refractivity (Wildman–Crippen MR) is 323 cm³/mol. The van der Waals surface area contributed by atoms with Crippen LogP contribution in [0.4, 0.5) is 40.3 Å². The number of carbonyl (C=O) groups is 2. The summed E-state index contributed by atoms with van der Waals surface area (Å²) in [5, 5.41) is 16.5.